The highest BCUT2D eigenvalue weighted by Crippen LogP contribution is 2.27. The molecule has 0 saturated carbocycles. The Morgan fingerprint density at radius 3 is 2.47 bits per heavy atom. The molecule has 3 aromatic rings. The number of nitrogens with zero attached hydrogens (tertiary/aromatic N) is 3. The molecule has 1 aromatic heterocycles. The maximum Gasteiger partial charge on any atom is 0.330 e. The number of anilines is 2. The van der Waals surface area contributed by atoms with Gasteiger partial charge in [-0.1, -0.05) is 6.07 Å². The van der Waals surface area contributed by atoms with Crippen LogP contribution in [0.25, 0.3) is 0 Å². The third-order valence-electron chi connectivity index (χ3n) is 5.96. The lowest BCUT2D eigenvalue weighted by Gasteiger charge is -2.26. The van der Waals surface area contributed by atoms with E-state index in [1.165, 1.54) is 25.3 Å². The van der Waals surface area contributed by atoms with Gasteiger partial charge in [-0.3, -0.25) is 4.79 Å². The molecule has 10 nitrogen and oxygen atoms in total. The third kappa shape index (κ3) is 5.99. The zero-order valence-corrected chi connectivity index (χ0v) is 21.3. The number of fused-ring (bicyclic) bond motifs is 1. The van der Waals surface area contributed by atoms with Gasteiger partial charge in [-0.15, -0.1) is 0 Å². The third-order valence-corrected chi connectivity index (χ3v) is 7.33. The molecule has 38 heavy (non-hydrogen) atoms. The van der Waals surface area contributed by atoms with Gasteiger partial charge in [-0.05, 0) is 60.0 Å². The maximum absolute atomic E-state index is 13.8. The summed E-state index contributed by atoms with van der Waals surface area (Å²) in [6, 6.07) is 10.1. The number of carbonyl (C=O) groups excluding carboxylic acids is 2. The lowest BCUT2D eigenvalue weighted by Crippen LogP contribution is -2.54. The van der Waals surface area contributed by atoms with Crippen molar-refractivity contribution in [2.24, 2.45) is 0 Å². The predicted molar refractivity (Wildman–Crippen MR) is 136 cm³/mol. The molecule has 0 spiro atoms. The molecule has 13 heteroatoms. The number of ether oxygens (including phenoxy) is 1. The number of halogens is 2. The van der Waals surface area contributed by atoms with Crippen LogP contribution in [-0.4, -0.2) is 52.1 Å². The summed E-state index contributed by atoms with van der Waals surface area (Å²) in [4.78, 5) is 31.5. The summed E-state index contributed by atoms with van der Waals surface area (Å²) in [7, 11) is -1.42. The Kier molecular flexibility index (Phi) is 7.76. The molecule has 1 aliphatic heterocycles. The Labute approximate surface area is 218 Å². The molecule has 0 saturated heterocycles. The van der Waals surface area contributed by atoms with Gasteiger partial charge in [0.1, 0.15) is 29.2 Å². The molecule has 1 aliphatic rings. The number of benzene rings is 2. The zero-order valence-electron chi connectivity index (χ0n) is 20.5. The van der Waals surface area contributed by atoms with E-state index in [1.54, 1.807) is 36.4 Å². The largest absolute Gasteiger partial charge is 0.497 e. The van der Waals surface area contributed by atoms with Gasteiger partial charge < -0.3 is 15.0 Å². The van der Waals surface area contributed by atoms with Crippen molar-refractivity contribution in [3.63, 3.8) is 0 Å². The van der Waals surface area contributed by atoms with Gasteiger partial charge in [0, 0.05) is 38.0 Å². The second-order valence-electron chi connectivity index (χ2n) is 8.52. The maximum atomic E-state index is 13.8. The second kappa shape index (κ2) is 11.0. The second-order valence-corrected chi connectivity index (χ2v) is 10.1. The summed E-state index contributed by atoms with van der Waals surface area (Å²) < 4.78 is 61.5. The molecule has 3 amide bonds. The van der Waals surface area contributed by atoms with Crippen molar-refractivity contribution >= 4 is 33.7 Å². The average Bonchev–Trinajstić information content (AvgIpc) is 3.32. The number of likely N-dealkylation sites (N-methyl/N-ethyl adjacent to an activating group) is 1. The number of pyridine rings is 1. The van der Waals surface area contributed by atoms with E-state index in [2.05, 4.69) is 10.3 Å². The van der Waals surface area contributed by atoms with Crippen LogP contribution in [0, 0.1) is 11.6 Å². The van der Waals surface area contributed by atoms with Crippen molar-refractivity contribution in [2.45, 2.75) is 18.9 Å². The SMILES string of the molecule is COc1ccc(N(C)C(=O)[C@H](Cc2cc(F)cc(F)c2)NC(=O)NS(=O)(=O)N2CCc3cccnc32)cc1. The van der Waals surface area contributed by atoms with Crippen LogP contribution in [-0.2, 0) is 27.8 Å². The van der Waals surface area contributed by atoms with E-state index >= 15 is 0 Å². The fourth-order valence-electron chi connectivity index (χ4n) is 4.10. The molecule has 2 aromatic carbocycles. The quantitative estimate of drug-likeness (QED) is 0.449. The number of methoxy groups -OCH3 is 1. The molecular weight excluding hydrogens is 520 g/mol. The number of nitrogens with one attached hydrogen (secondary N) is 2. The van der Waals surface area contributed by atoms with Crippen LogP contribution in [0.1, 0.15) is 11.1 Å². The number of urea groups is 1. The van der Waals surface area contributed by atoms with Crippen molar-refractivity contribution in [3.8, 4) is 5.75 Å². The van der Waals surface area contributed by atoms with Crippen molar-refractivity contribution < 1.29 is 31.5 Å². The Hall–Kier alpha value is -4.26. The molecular formula is C25H25F2N5O5S. The number of aromatic nitrogens is 1. The molecule has 0 fully saturated rings. The smallest absolute Gasteiger partial charge is 0.330 e. The Bertz CT molecular complexity index is 1430. The molecule has 0 aliphatic carbocycles. The first-order valence-electron chi connectivity index (χ1n) is 11.5. The molecule has 0 bridgehead atoms. The predicted octanol–water partition coefficient (Wildman–Crippen LogP) is 2.55. The molecule has 0 unspecified atom stereocenters. The van der Waals surface area contributed by atoms with E-state index in [0.717, 1.165) is 16.4 Å². The summed E-state index contributed by atoms with van der Waals surface area (Å²) in [6.45, 7) is 0.0834. The van der Waals surface area contributed by atoms with E-state index in [4.69, 9.17) is 4.74 Å². The van der Waals surface area contributed by atoms with Crippen molar-refractivity contribution in [1.82, 2.24) is 15.0 Å². The Morgan fingerprint density at radius 2 is 1.82 bits per heavy atom. The van der Waals surface area contributed by atoms with Crippen molar-refractivity contribution in [1.29, 1.82) is 0 Å². The highest BCUT2D eigenvalue weighted by molar-refractivity contribution is 7.91. The summed E-state index contributed by atoms with van der Waals surface area (Å²) in [5.74, 6) is -1.61. The van der Waals surface area contributed by atoms with Gasteiger partial charge in [0.15, 0.2) is 0 Å². The molecule has 200 valence electrons. The van der Waals surface area contributed by atoms with Crippen LogP contribution in [0.2, 0.25) is 0 Å². The van der Waals surface area contributed by atoms with E-state index in [1.807, 2.05) is 4.72 Å². The summed E-state index contributed by atoms with van der Waals surface area (Å²) in [5, 5.41) is 2.34. The van der Waals surface area contributed by atoms with Crippen LogP contribution in [0.15, 0.2) is 60.8 Å². The number of carbonyl (C=O) groups is 2. The first kappa shape index (κ1) is 26.8. The fraction of sp³-hybridized carbons (Fsp3) is 0.240. The highest BCUT2D eigenvalue weighted by Gasteiger charge is 2.33. The molecule has 0 radical (unpaired) electrons. The molecule has 2 heterocycles. The van der Waals surface area contributed by atoms with Crippen molar-refractivity contribution in [2.75, 3.05) is 29.9 Å². The fourth-order valence-corrected chi connectivity index (χ4v) is 5.23. The van der Waals surface area contributed by atoms with Crippen LogP contribution in [0.4, 0.5) is 25.1 Å². The summed E-state index contributed by atoms with van der Waals surface area (Å²) in [5.41, 5.74) is 1.24. The number of hydrogen-bond acceptors (Lipinski definition) is 6. The Balaban J connectivity index is 1.55. The minimum Gasteiger partial charge on any atom is -0.497 e. The van der Waals surface area contributed by atoms with Gasteiger partial charge in [-0.2, -0.15) is 8.42 Å². The van der Waals surface area contributed by atoms with Gasteiger partial charge in [0.25, 0.3) is 0 Å². The topological polar surface area (TPSA) is 121 Å². The van der Waals surface area contributed by atoms with Gasteiger partial charge >= 0.3 is 16.2 Å². The average molecular weight is 546 g/mol. The molecule has 1 atom stereocenters. The Morgan fingerprint density at radius 1 is 1.13 bits per heavy atom. The summed E-state index contributed by atoms with van der Waals surface area (Å²) >= 11 is 0. The number of rotatable bonds is 8. The lowest BCUT2D eigenvalue weighted by molar-refractivity contribution is -0.120. The molecule has 2 N–H and O–H groups in total. The van der Waals surface area contributed by atoms with Gasteiger partial charge in [0.05, 0.1) is 7.11 Å². The number of amides is 3. The van der Waals surface area contributed by atoms with Gasteiger partial charge in [0.2, 0.25) is 5.91 Å². The normalized spacial score (nSPS) is 13.4. The minimum absolute atomic E-state index is 0.0834. The highest BCUT2D eigenvalue weighted by atomic mass is 32.2. The lowest BCUT2D eigenvalue weighted by atomic mass is 10.0. The van der Waals surface area contributed by atoms with E-state index in [-0.39, 0.29) is 24.3 Å². The van der Waals surface area contributed by atoms with Crippen LogP contribution < -0.4 is 24.0 Å². The zero-order chi connectivity index (χ0) is 27.4. The van der Waals surface area contributed by atoms with Crippen molar-refractivity contribution in [3.05, 3.63) is 83.6 Å². The molecule has 4 rings (SSSR count). The van der Waals surface area contributed by atoms with E-state index in [0.29, 0.717) is 29.5 Å². The minimum atomic E-state index is -4.36. The van der Waals surface area contributed by atoms with Crippen LogP contribution in [0.3, 0.4) is 0 Å². The van der Waals surface area contributed by atoms with E-state index < -0.39 is 39.8 Å². The standard InChI is InChI=1S/C25H25F2N5O5S/c1-31(20-5-7-21(37-2)8-6-20)24(33)22(14-16-12-18(26)15-19(27)13-16)29-25(34)30-38(35,36)32-11-9-17-4-3-10-28-23(17)32/h3-8,10,12-13,15,22H,9,11,14H2,1-2H3,(H2,29,30,34)/t22-/m0/s1. The van der Waals surface area contributed by atoms with Crippen LogP contribution >= 0.6 is 0 Å². The van der Waals surface area contributed by atoms with Crippen LogP contribution in [0.5, 0.6) is 5.75 Å². The number of hydrogen-bond donors (Lipinski definition) is 2. The monoisotopic (exact) mass is 545 g/mol. The summed E-state index contributed by atoms with van der Waals surface area (Å²) in [6.07, 6.45) is 1.55. The first-order valence-corrected chi connectivity index (χ1v) is 12.9. The van der Waals surface area contributed by atoms with Gasteiger partial charge in [-0.25, -0.2) is 27.6 Å². The van der Waals surface area contributed by atoms with E-state index in [9.17, 15) is 26.8 Å². The first-order chi connectivity index (χ1) is 18.1.